The summed E-state index contributed by atoms with van der Waals surface area (Å²) < 4.78 is 11.6. The number of halogens is 6. The topological polar surface area (TPSA) is 43.4 Å². The molecule has 0 spiro atoms. The SMILES string of the molecule is C.C.CC(ON(C(c1ccccc1)C(C)C)C(C)(C)C)c1ccc(COCCCCC[Si](Cl)(Cl)Cl)cc1.CC(ON1C(C)(C)CCCC1(C)C)c1ccc(COCCCCC[Si](Cl)(Cl)Cl)cc1. The molecule has 67 heavy (non-hydrogen) atoms. The largest absolute Gasteiger partial charge is 0.377 e. The van der Waals surface area contributed by atoms with Crippen molar-refractivity contribution in [3.8, 4) is 0 Å². The van der Waals surface area contributed by atoms with Gasteiger partial charge in [0.2, 0.25) is 0 Å². The molecule has 4 rings (SSSR count). The lowest BCUT2D eigenvalue weighted by Gasteiger charge is -2.52. The number of nitrogens with zero attached hydrogens (tertiary/aromatic N) is 2. The van der Waals surface area contributed by atoms with Gasteiger partial charge in [0.25, 0.3) is 0 Å². The van der Waals surface area contributed by atoms with Crippen molar-refractivity contribution in [3.05, 3.63) is 107 Å². The van der Waals surface area contributed by atoms with Crippen LogP contribution in [0.4, 0.5) is 0 Å². The molecule has 3 atom stereocenters. The summed E-state index contributed by atoms with van der Waals surface area (Å²) in [5.74, 6) is 0.396. The van der Waals surface area contributed by atoms with Gasteiger partial charge in [-0.3, -0.25) is 9.68 Å². The van der Waals surface area contributed by atoms with E-state index in [4.69, 9.17) is 85.6 Å². The number of unbranched alkanes of at least 4 members (excludes halogenated alkanes) is 4. The first-order valence-corrected chi connectivity index (χ1v) is 34.2. The van der Waals surface area contributed by atoms with Gasteiger partial charge in [-0.25, -0.2) is 0 Å². The molecule has 1 saturated heterocycles. The van der Waals surface area contributed by atoms with Gasteiger partial charge >= 0.3 is 12.0 Å². The number of hydrogen-bond acceptors (Lipinski definition) is 6. The van der Waals surface area contributed by atoms with Gasteiger partial charge in [0, 0.05) is 29.8 Å². The third-order valence-corrected chi connectivity index (χ3v) is 17.1. The quantitative estimate of drug-likeness (QED) is 0.0365. The molecular formula is C53H88Cl6N2O4Si2. The summed E-state index contributed by atoms with van der Waals surface area (Å²) in [6.07, 6.45) is 9.47. The molecule has 3 aromatic carbocycles. The van der Waals surface area contributed by atoms with Crippen molar-refractivity contribution < 1.29 is 19.1 Å². The number of rotatable bonds is 25. The highest BCUT2D eigenvalue weighted by Gasteiger charge is 2.43. The molecule has 0 amide bonds. The van der Waals surface area contributed by atoms with Gasteiger partial charge < -0.3 is 9.47 Å². The molecule has 0 N–H and O–H groups in total. The van der Waals surface area contributed by atoms with Crippen molar-refractivity contribution in [2.75, 3.05) is 13.2 Å². The minimum atomic E-state index is -2.48. The second kappa shape index (κ2) is 30.6. The Labute approximate surface area is 439 Å². The van der Waals surface area contributed by atoms with E-state index in [1.54, 1.807) is 0 Å². The summed E-state index contributed by atoms with van der Waals surface area (Å²) in [5, 5.41) is 4.41. The molecule has 1 aliphatic heterocycles. The Balaban J connectivity index is 0.000000658. The van der Waals surface area contributed by atoms with E-state index < -0.39 is 12.0 Å². The van der Waals surface area contributed by atoms with Crippen molar-refractivity contribution in [2.45, 2.75) is 209 Å². The number of benzene rings is 3. The molecule has 0 radical (unpaired) electrons. The molecule has 3 unspecified atom stereocenters. The van der Waals surface area contributed by atoms with E-state index in [0.29, 0.717) is 19.1 Å². The Morgan fingerprint density at radius 2 is 1.00 bits per heavy atom. The lowest BCUT2D eigenvalue weighted by molar-refractivity contribution is -0.304. The van der Waals surface area contributed by atoms with Gasteiger partial charge in [-0.15, -0.1) is 66.5 Å². The van der Waals surface area contributed by atoms with Crippen LogP contribution in [0.2, 0.25) is 12.1 Å². The fraction of sp³-hybridized carbons (Fsp3) is 0.660. The van der Waals surface area contributed by atoms with Crippen molar-refractivity contribution >= 4 is 78.5 Å². The van der Waals surface area contributed by atoms with Gasteiger partial charge in [-0.2, -0.15) is 10.1 Å². The zero-order valence-electron chi connectivity index (χ0n) is 41.2. The molecule has 3 aromatic rings. The van der Waals surface area contributed by atoms with Gasteiger partial charge in [-0.05, 0) is 140 Å². The minimum Gasteiger partial charge on any atom is -0.377 e. The average molecular weight is 1090 g/mol. The highest BCUT2D eigenvalue weighted by Crippen LogP contribution is 2.41. The van der Waals surface area contributed by atoms with Gasteiger partial charge in [0.15, 0.2) is 0 Å². The summed E-state index contributed by atoms with van der Waals surface area (Å²) in [6.45, 7) is 27.2. The zero-order valence-corrected chi connectivity index (χ0v) is 47.8. The molecule has 384 valence electrons. The normalized spacial score (nSPS) is 16.6. The van der Waals surface area contributed by atoms with Gasteiger partial charge in [-0.1, -0.05) is 133 Å². The smallest absolute Gasteiger partial charge is 0.341 e. The van der Waals surface area contributed by atoms with Crippen LogP contribution in [0.5, 0.6) is 0 Å². The van der Waals surface area contributed by atoms with Crippen molar-refractivity contribution in [1.82, 2.24) is 10.1 Å². The molecule has 1 aliphatic rings. The van der Waals surface area contributed by atoms with Crippen molar-refractivity contribution in [2.24, 2.45) is 5.92 Å². The molecule has 14 heteroatoms. The summed E-state index contributed by atoms with van der Waals surface area (Å²) in [5.41, 5.74) is 5.88. The third-order valence-electron chi connectivity index (χ3n) is 11.8. The Morgan fingerprint density at radius 3 is 1.39 bits per heavy atom. The zero-order chi connectivity index (χ0) is 48.5. The molecule has 6 nitrogen and oxygen atoms in total. The van der Waals surface area contributed by atoms with E-state index >= 15 is 0 Å². The van der Waals surface area contributed by atoms with Crippen molar-refractivity contribution in [3.63, 3.8) is 0 Å². The number of hydrogen-bond donors (Lipinski definition) is 0. The second-order valence-electron chi connectivity index (χ2n) is 20.3. The van der Waals surface area contributed by atoms with E-state index in [-0.39, 0.29) is 49.7 Å². The first-order valence-electron chi connectivity index (χ1n) is 23.7. The maximum Gasteiger partial charge on any atom is 0.341 e. The lowest BCUT2D eigenvalue weighted by atomic mass is 9.82. The Bertz CT molecular complexity index is 1740. The molecule has 1 heterocycles. The Kier molecular flexibility index (Phi) is 29.5. The second-order valence-corrected chi connectivity index (χ2v) is 38.9. The van der Waals surface area contributed by atoms with Crippen molar-refractivity contribution in [1.29, 1.82) is 0 Å². The van der Waals surface area contributed by atoms with Gasteiger partial charge in [0.05, 0.1) is 19.3 Å². The predicted octanol–water partition coefficient (Wildman–Crippen LogP) is 18.9. The first kappa shape index (κ1) is 64.6. The van der Waals surface area contributed by atoms with E-state index in [2.05, 4.69) is 165 Å². The van der Waals surface area contributed by atoms with Crippen LogP contribution < -0.4 is 0 Å². The molecular weight excluding hydrogens is 997 g/mol. The highest BCUT2D eigenvalue weighted by atomic mass is 35.8. The number of ether oxygens (including phenoxy) is 2. The Morgan fingerprint density at radius 1 is 0.582 bits per heavy atom. The molecule has 0 aromatic heterocycles. The summed E-state index contributed by atoms with van der Waals surface area (Å²) in [7, 11) is 0. The van der Waals surface area contributed by atoms with Gasteiger partial charge in [0.1, 0.15) is 12.2 Å². The van der Waals surface area contributed by atoms with Crippen LogP contribution in [0.15, 0.2) is 78.9 Å². The highest BCUT2D eigenvalue weighted by molar-refractivity contribution is 7.65. The summed E-state index contributed by atoms with van der Waals surface area (Å²) >= 11 is 35.5. The number of piperidine rings is 1. The van der Waals surface area contributed by atoms with Crippen LogP contribution in [-0.4, -0.2) is 52.0 Å². The fourth-order valence-electron chi connectivity index (χ4n) is 8.36. The van der Waals surface area contributed by atoms with Crippen LogP contribution in [-0.2, 0) is 32.4 Å². The minimum absolute atomic E-state index is 0. The molecule has 1 fully saturated rings. The fourth-order valence-corrected chi connectivity index (χ4v) is 12.1. The molecule has 0 aliphatic carbocycles. The maximum absolute atomic E-state index is 6.66. The van der Waals surface area contributed by atoms with E-state index in [1.807, 2.05) is 0 Å². The van der Waals surface area contributed by atoms with Crippen LogP contribution in [0.3, 0.4) is 0 Å². The third kappa shape index (κ3) is 24.7. The van der Waals surface area contributed by atoms with E-state index in [0.717, 1.165) is 87.8 Å². The average Bonchev–Trinajstić information content (AvgIpc) is 3.21. The van der Waals surface area contributed by atoms with E-state index in [9.17, 15) is 0 Å². The summed E-state index contributed by atoms with van der Waals surface area (Å²) in [4.78, 5) is 13.1. The number of hydroxylamine groups is 4. The van der Waals surface area contributed by atoms with E-state index in [1.165, 1.54) is 23.1 Å². The standard InChI is InChI=1S/C28H42Cl3NO2Si.C23H38Cl3NO2Si.2CH4/c1-22(2)27(26-13-9-7-10-14-26)32(28(4,5)6)34-23(3)25-17-15-24(16-18-25)21-33-19-11-8-12-20-35(29,30)31;1-19(29-27-22(2,3)14-9-15-23(27,4)5)21-12-10-20(11-13-21)18-28-16-7-6-8-17-30(24,25)26;;/h7,9-10,13-18,22-23,27H,8,11-12,19-21H2,1-6H3;10-13,19H,6-9,14-18H2,1-5H3;2*1H4. The lowest BCUT2D eigenvalue weighted by Crippen LogP contribution is -2.58. The first-order chi connectivity index (χ1) is 30.3. The Hall–Kier alpha value is -0.406. The van der Waals surface area contributed by atoms with Crippen LogP contribution in [0.25, 0.3) is 0 Å². The predicted molar refractivity (Wildman–Crippen MR) is 298 cm³/mol. The molecule has 0 bridgehead atoms. The summed E-state index contributed by atoms with van der Waals surface area (Å²) in [6, 6.07) is 24.4. The molecule has 0 saturated carbocycles. The van der Waals surface area contributed by atoms with Crippen LogP contribution in [0.1, 0.15) is 195 Å². The van der Waals surface area contributed by atoms with Crippen LogP contribution in [0, 0.1) is 5.92 Å². The monoisotopic (exact) mass is 1080 g/mol. The maximum atomic E-state index is 6.66. The van der Waals surface area contributed by atoms with Crippen LogP contribution >= 0.6 is 66.5 Å².